The summed E-state index contributed by atoms with van der Waals surface area (Å²) in [5.74, 6) is 0.792. The third kappa shape index (κ3) is 3.16. The van der Waals surface area contributed by atoms with Crippen molar-refractivity contribution in [3.05, 3.63) is 0 Å². The average molecular weight is 213 g/mol. The molecule has 0 bridgehead atoms. The van der Waals surface area contributed by atoms with Crippen molar-refractivity contribution in [2.45, 2.75) is 50.7 Å². The summed E-state index contributed by atoms with van der Waals surface area (Å²) in [6, 6.07) is 0.466. The molecule has 2 rings (SSSR count). The smallest absolute Gasteiger partial charge is 0.0771 e. The highest BCUT2D eigenvalue weighted by atomic mass is 16.5. The molecular formula is C12H23NO2. The molecule has 0 spiro atoms. The van der Waals surface area contributed by atoms with E-state index in [-0.39, 0.29) is 0 Å². The minimum atomic E-state index is -0.449. The summed E-state index contributed by atoms with van der Waals surface area (Å²) in [6.07, 6.45) is 5.33. The van der Waals surface area contributed by atoms with Crippen molar-refractivity contribution in [2.75, 3.05) is 19.8 Å². The zero-order chi connectivity index (χ0) is 10.7. The Morgan fingerprint density at radius 2 is 2.07 bits per heavy atom. The van der Waals surface area contributed by atoms with E-state index < -0.39 is 5.60 Å². The first-order valence-electron chi connectivity index (χ1n) is 6.21. The first kappa shape index (κ1) is 11.4. The van der Waals surface area contributed by atoms with Gasteiger partial charge in [0.1, 0.15) is 0 Å². The lowest BCUT2D eigenvalue weighted by Crippen LogP contribution is -2.46. The highest BCUT2D eigenvalue weighted by molar-refractivity contribution is 4.88. The molecular weight excluding hydrogens is 190 g/mol. The van der Waals surface area contributed by atoms with Crippen LogP contribution in [0.5, 0.6) is 0 Å². The van der Waals surface area contributed by atoms with E-state index in [1.54, 1.807) is 0 Å². The van der Waals surface area contributed by atoms with Crippen molar-refractivity contribution in [1.82, 2.24) is 5.32 Å². The van der Waals surface area contributed by atoms with Crippen LogP contribution in [0.25, 0.3) is 0 Å². The Labute approximate surface area is 92.2 Å². The van der Waals surface area contributed by atoms with Crippen LogP contribution in [0.15, 0.2) is 0 Å². The fraction of sp³-hybridized carbons (Fsp3) is 1.00. The molecule has 2 fully saturated rings. The van der Waals surface area contributed by atoms with Gasteiger partial charge in [-0.2, -0.15) is 0 Å². The largest absolute Gasteiger partial charge is 0.389 e. The maximum absolute atomic E-state index is 10.3. The second-order valence-electron chi connectivity index (χ2n) is 5.35. The van der Waals surface area contributed by atoms with E-state index in [9.17, 15) is 5.11 Å². The second kappa shape index (κ2) is 4.81. The Kier molecular flexibility index (Phi) is 3.65. The van der Waals surface area contributed by atoms with E-state index in [0.717, 1.165) is 44.9 Å². The molecule has 0 aromatic carbocycles. The molecule has 0 radical (unpaired) electrons. The number of hydrogen-bond acceptors (Lipinski definition) is 3. The van der Waals surface area contributed by atoms with E-state index in [2.05, 4.69) is 12.2 Å². The summed E-state index contributed by atoms with van der Waals surface area (Å²) in [4.78, 5) is 0. The van der Waals surface area contributed by atoms with Crippen LogP contribution in [0, 0.1) is 5.92 Å². The van der Waals surface area contributed by atoms with E-state index >= 15 is 0 Å². The van der Waals surface area contributed by atoms with Gasteiger partial charge >= 0.3 is 0 Å². The molecule has 0 aromatic heterocycles. The van der Waals surface area contributed by atoms with Crippen molar-refractivity contribution in [3.8, 4) is 0 Å². The van der Waals surface area contributed by atoms with Crippen LogP contribution in [0.4, 0.5) is 0 Å². The Morgan fingerprint density at radius 1 is 1.33 bits per heavy atom. The first-order chi connectivity index (χ1) is 7.18. The molecule has 0 aromatic rings. The fourth-order valence-corrected chi connectivity index (χ4v) is 2.51. The number of hydrogen-bond donors (Lipinski definition) is 2. The molecule has 15 heavy (non-hydrogen) atoms. The molecule has 88 valence electrons. The topological polar surface area (TPSA) is 41.5 Å². The first-order valence-corrected chi connectivity index (χ1v) is 6.21. The molecule has 2 N–H and O–H groups in total. The van der Waals surface area contributed by atoms with Gasteiger partial charge in [0.15, 0.2) is 0 Å². The van der Waals surface area contributed by atoms with Crippen LogP contribution in [-0.2, 0) is 4.74 Å². The second-order valence-corrected chi connectivity index (χ2v) is 5.35. The molecule has 1 saturated carbocycles. The normalized spacial score (nSPS) is 42.0. The highest BCUT2D eigenvalue weighted by Crippen LogP contribution is 2.31. The summed E-state index contributed by atoms with van der Waals surface area (Å²) < 4.78 is 5.30. The predicted octanol–water partition coefficient (Wildman–Crippen LogP) is 1.31. The van der Waals surface area contributed by atoms with E-state index in [4.69, 9.17) is 4.74 Å². The van der Waals surface area contributed by atoms with Gasteiger partial charge in [0.25, 0.3) is 0 Å². The van der Waals surface area contributed by atoms with Crippen LogP contribution in [0.2, 0.25) is 0 Å². The van der Waals surface area contributed by atoms with Gasteiger partial charge < -0.3 is 15.2 Å². The molecule has 1 unspecified atom stereocenters. The van der Waals surface area contributed by atoms with Crippen LogP contribution >= 0.6 is 0 Å². The number of aliphatic hydroxyl groups is 1. The van der Waals surface area contributed by atoms with Gasteiger partial charge in [-0.3, -0.25) is 0 Å². The molecule has 1 heterocycles. The monoisotopic (exact) mass is 213 g/mol. The summed E-state index contributed by atoms with van der Waals surface area (Å²) in [5, 5.41) is 13.8. The van der Waals surface area contributed by atoms with Crippen LogP contribution < -0.4 is 5.32 Å². The molecule has 2 aliphatic rings. The standard InChI is InChI=1S/C12H23NO2/c1-10-2-5-12(14,6-3-10)9-13-11-4-7-15-8-11/h10-11,13-14H,2-9H2,1H3. The van der Waals surface area contributed by atoms with Gasteiger partial charge in [-0.25, -0.2) is 0 Å². The van der Waals surface area contributed by atoms with E-state index in [0.29, 0.717) is 6.04 Å². The Bertz CT molecular complexity index is 194. The Morgan fingerprint density at radius 3 is 2.67 bits per heavy atom. The van der Waals surface area contributed by atoms with Gasteiger partial charge in [-0.05, 0) is 38.0 Å². The zero-order valence-corrected chi connectivity index (χ0v) is 9.67. The van der Waals surface area contributed by atoms with Gasteiger partial charge in [0.05, 0.1) is 12.2 Å². The third-order valence-electron chi connectivity index (χ3n) is 3.85. The van der Waals surface area contributed by atoms with Gasteiger partial charge in [-0.1, -0.05) is 6.92 Å². The van der Waals surface area contributed by atoms with Gasteiger partial charge in [0.2, 0.25) is 0 Å². The molecule has 1 atom stereocenters. The number of nitrogens with one attached hydrogen (secondary N) is 1. The lowest BCUT2D eigenvalue weighted by atomic mass is 9.79. The van der Waals surface area contributed by atoms with E-state index in [1.807, 2.05) is 0 Å². The quantitative estimate of drug-likeness (QED) is 0.742. The van der Waals surface area contributed by atoms with E-state index in [1.165, 1.54) is 12.8 Å². The average Bonchev–Trinajstić information content (AvgIpc) is 2.73. The van der Waals surface area contributed by atoms with Gasteiger partial charge in [0, 0.05) is 19.2 Å². The van der Waals surface area contributed by atoms with Gasteiger partial charge in [-0.15, -0.1) is 0 Å². The molecule has 3 nitrogen and oxygen atoms in total. The van der Waals surface area contributed by atoms with Crippen molar-refractivity contribution < 1.29 is 9.84 Å². The maximum Gasteiger partial charge on any atom is 0.0771 e. The van der Waals surface area contributed by atoms with Crippen LogP contribution in [0.3, 0.4) is 0 Å². The highest BCUT2D eigenvalue weighted by Gasteiger charge is 2.32. The summed E-state index contributed by atoms with van der Waals surface area (Å²) in [5.41, 5.74) is -0.449. The van der Waals surface area contributed by atoms with Crippen molar-refractivity contribution >= 4 is 0 Å². The lowest BCUT2D eigenvalue weighted by molar-refractivity contribution is -0.00832. The summed E-state index contributed by atoms with van der Waals surface area (Å²) in [6.45, 7) is 4.70. The lowest BCUT2D eigenvalue weighted by Gasteiger charge is -2.35. The number of ether oxygens (including phenoxy) is 1. The zero-order valence-electron chi connectivity index (χ0n) is 9.67. The Balaban J connectivity index is 1.72. The van der Waals surface area contributed by atoms with Crippen molar-refractivity contribution in [3.63, 3.8) is 0 Å². The molecule has 1 aliphatic heterocycles. The minimum Gasteiger partial charge on any atom is -0.389 e. The third-order valence-corrected chi connectivity index (χ3v) is 3.85. The Hall–Kier alpha value is -0.120. The van der Waals surface area contributed by atoms with Crippen LogP contribution in [0.1, 0.15) is 39.0 Å². The minimum absolute atomic E-state index is 0.449. The maximum atomic E-state index is 10.3. The summed E-state index contributed by atoms with van der Waals surface area (Å²) in [7, 11) is 0. The van der Waals surface area contributed by atoms with Crippen molar-refractivity contribution in [2.24, 2.45) is 5.92 Å². The summed E-state index contributed by atoms with van der Waals surface area (Å²) >= 11 is 0. The predicted molar refractivity (Wildman–Crippen MR) is 59.8 cm³/mol. The molecule has 0 amide bonds. The molecule has 1 aliphatic carbocycles. The van der Waals surface area contributed by atoms with Crippen LogP contribution in [-0.4, -0.2) is 36.5 Å². The SMILES string of the molecule is CC1CCC(O)(CNC2CCOC2)CC1. The van der Waals surface area contributed by atoms with Crippen molar-refractivity contribution in [1.29, 1.82) is 0 Å². The molecule has 3 heteroatoms. The fourth-order valence-electron chi connectivity index (χ4n) is 2.51. The molecule has 1 saturated heterocycles. The number of rotatable bonds is 3.